The average Bonchev–Trinajstić information content (AvgIpc) is 4.37. The predicted molar refractivity (Wildman–Crippen MR) is 313 cm³/mol. The molecule has 17 nitrogen and oxygen atoms in total. The Bertz CT molecular complexity index is 3280. The fourth-order valence-corrected chi connectivity index (χ4v) is 12.2. The zero-order valence-corrected chi connectivity index (χ0v) is 48.3. The number of H-pyrrole nitrogens is 1. The van der Waals surface area contributed by atoms with Crippen molar-refractivity contribution >= 4 is 40.7 Å². The van der Waals surface area contributed by atoms with E-state index in [1.54, 1.807) is 16.5 Å². The van der Waals surface area contributed by atoms with E-state index in [0.717, 1.165) is 80.3 Å². The van der Waals surface area contributed by atoms with Crippen molar-refractivity contribution in [3.63, 3.8) is 0 Å². The number of thiazole rings is 1. The summed E-state index contributed by atoms with van der Waals surface area (Å²) in [6.07, 6.45) is 1.61. The van der Waals surface area contributed by atoms with Gasteiger partial charge in [-0.25, -0.2) is 4.98 Å². The largest absolute Gasteiger partial charge is 0.494 e. The van der Waals surface area contributed by atoms with Gasteiger partial charge in [-0.05, 0) is 129 Å². The zero-order chi connectivity index (χ0) is 57.3. The van der Waals surface area contributed by atoms with Gasteiger partial charge in [-0.15, -0.1) is 11.3 Å². The van der Waals surface area contributed by atoms with Crippen LogP contribution in [0.1, 0.15) is 106 Å². The number of hydrogen-bond acceptors (Lipinski definition) is 13. The number of fused-ring (bicyclic) bond motifs is 1. The molecular formula is C63H75N7O10S. The van der Waals surface area contributed by atoms with E-state index in [9.17, 15) is 29.1 Å². The van der Waals surface area contributed by atoms with E-state index in [2.05, 4.69) is 38.5 Å². The first-order valence-corrected chi connectivity index (χ1v) is 29.1. The molecule has 2 unspecified atom stereocenters. The molecule has 0 bridgehead atoms. The maximum atomic E-state index is 14.3. The van der Waals surface area contributed by atoms with Crippen LogP contribution in [0.5, 0.6) is 11.5 Å². The lowest BCUT2D eigenvalue weighted by molar-refractivity contribution is -0.143. The second kappa shape index (κ2) is 26.5. The highest BCUT2D eigenvalue weighted by Gasteiger charge is 2.46. The Morgan fingerprint density at radius 3 is 2.36 bits per heavy atom. The number of aliphatic hydroxyl groups is 1. The summed E-state index contributed by atoms with van der Waals surface area (Å²) in [5.74, 6) is -0.201. The van der Waals surface area contributed by atoms with Crippen LogP contribution in [0.3, 0.4) is 0 Å². The minimum Gasteiger partial charge on any atom is -0.494 e. The highest BCUT2D eigenvalue weighted by molar-refractivity contribution is 7.13. The summed E-state index contributed by atoms with van der Waals surface area (Å²) in [5.41, 5.74) is 11.9. The Morgan fingerprint density at radius 1 is 0.877 bits per heavy atom. The molecule has 428 valence electrons. The number of β-amino-alcohol motifs (C(OH)–C–C–N with tert-alkyl or cyclic N) is 1. The average molecular weight is 1120 g/mol. The van der Waals surface area contributed by atoms with Crippen molar-refractivity contribution in [1.29, 1.82) is 0 Å². The number of aryl methyl sites for hydroxylation is 3. The van der Waals surface area contributed by atoms with E-state index in [-0.39, 0.29) is 67.9 Å². The number of aromatic amines is 1. The van der Waals surface area contributed by atoms with Crippen molar-refractivity contribution in [2.45, 2.75) is 118 Å². The minimum atomic E-state index is -0.924. The Balaban J connectivity index is 0.790. The number of hydrogen-bond donors (Lipinski definition) is 4. The molecule has 0 radical (unpaired) electrons. The summed E-state index contributed by atoms with van der Waals surface area (Å²) in [5, 5.41) is 16.9. The number of pyridine rings is 1. The summed E-state index contributed by atoms with van der Waals surface area (Å²) in [6.45, 7) is 17.6. The number of nitrogens with one attached hydrogen (secondary N) is 3. The van der Waals surface area contributed by atoms with Crippen molar-refractivity contribution < 1.29 is 43.2 Å². The molecule has 4 aromatic carbocycles. The minimum absolute atomic E-state index is 0.00958. The van der Waals surface area contributed by atoms with Gasteiger partial charge in [-0.3, -0.25) is 24.0 Å². The molecule has 81 heavy (non-hydrogen) atoms. The summed E-state index contributed by atoms with van der Waals surface area (Å²) in [6, 6.07) is 25.6. The van der Waals surface area contributed by atoms with E-state index < -0.39 is 24.1 Å². The molecule has 6 aromatic rings. The topological polar surface area (TPSA) is 205 Å². The Kier molecular flexibility index (Phi) is 19.0. The molecule has 5 heterocycles. The second-order valence-electron chi connectivity index (χ2n) is 21.6. The van der Waals surface area contributed by atoms with E-state index >= 15 is 0 Å². The first kappa shape index (κ1) is 58.3. The first-order chi connectivity index (χ1) is 39.1. The summed E-state index contributed by atoms with van der Waals surface area (Å²) < 4.78 is 24.2. The van der Waals surface area contributed by atoms with Crippen molar-refractivity contribution in [1.82, 2.24) is 30.4 Å². The third kappa shape index (κ3) is 13.5. The fraction of sp³-hybridized carbons (Fsp3) is 0.429. The number of anilines is 1. The molecule has 9 rings (SSSR count). The third-order valence-electron chi connectivity index (χ3n) is 15.7. The summed E-state index contributed by atoms with van der Waals surface area (Å²) in [4.78, 5) is 82.4. The third-order valence-corrected chi connectivity index (χ3v) is 16.6. The molecule has 0 aliphatic carbocycles. The Morgan fingerprint density at radius 2 is 1.64 bits per heavy atom. The molecule has 2 saturated heterocycles. The van der Waals surface area contributed by atoms with Crippen LogP contribution in [0.15, 0.2) is 95.2 Å². The highest BCUT2D eigenvalue weighted by atomic mass is 32.1. The van der Waals surface area contributed by atoms with Gasteiger partial charge in [-0.2, -0.15) is 0 Å². The number of nitrogens with zero attached hydrogens (tertiary/aromatic N) is 4. The first-order valence-electron chi connectivity index (χ1n) is 28.2. The second-order valence-corrected chi connectivity index (χ2v) is 22.4. The van der Waals surface area contributed by atoms with Gasteiger partial charge in [0.05, 0.1) is 35.4 Å². The van der Waals surface area contributed by atoms with Crippen LogP contribution in [0.2, 0.25) is 0 Å². The van der Waals surface area contributed by atoms with Gasteiger partial charge in [0.1, 0.15) is 30.2 Å². The fourth-order valence-electron chi connectivity index (χ4n) is 11.4. The SMILES string of the molecule is CCN(c1cc(-c2ccc(OCCCOCCOc3cc(-c4scnc4C)ccc3CNC(=O)C3C[C@@H](O)CN3C(=O)C(C(C)C)N3Cc4ccccc4C3=O)cc2)cc(C(=O)NCc2c(C)cc(C)[nH]c2=O)c1C)C1CCOCC1. The summed E-state index contributed by atoms with van der Waals surface area (Å²) in [7, 11) is 0. The Labute approximate surface area is 478 Å². The van der Waals surface area contributed by atoms with Gasteiger partial charge in [0.25, 0.3) is 17.4 Å². The molecule has 4 amide bonds. The lowest BCUT2D eigenvalue weighted by Gasteiger charge is -2.37. The summed E-state index contributed by atoms with van der Waals surface area (Å²) >= 11 is 1.53. The van der Waals surface area contributed by atoms with Crippen LogP contribution in [0.25, 0.3) is 21.6 Å². The van der Waals surface area contributed by atoms with Crippen LogP contribution < -0.4 is 30.6 Å². The highest BCUT2D eigenvalue weighted by Crippen LogP contribution is 2.36. The maximum absolute atomic E-state index is 14.3. The molecule has 0 spiro atoms. The standard InChI is InChI=1S/C63H75N7O10S/c1-8-68(48-20-24-78-25-21-48)54-30-47(29-52(41(54)6)59(72)65-34-53-39(4)28-40(5)67-60(53)73)43-16-18-50(19-17-43)79-23-11-22-77-26-27-80-56-31-44(58-42(7)66-37-81-58)14-15-45(56)33-64-61(74)55-32-49(71)36-69(55)63(76)57(38(2)3)70-35-46-12-9-10-13-51(46)62(70)75/h9-10,12-19,28-31,37-38,48-49,55,57,71H,8,11,20-27,32-36H2,1-7H3,(H,64,74)(H,65,72)(H,67,73)/t49-,55?,57?/m1/s1. The van der Waals surface area contributed by atoms with E-state index in [4.69, 9.17) is 18.9 Å². The molecule has 3 aliphatic heterocycles. The van der Waals surface area contributed by atoms with Crippen LogP contribution in [-0.4, -0.2) is 125 Å². The van der Waals surface area contributed by atoms with E-state index in [1.165, 1.54) is 16.2 Å². The van der Waals surface area contributed by atoms with Gasteiger partial charge in [0.2, 0.25) is 11.8 Å². The smallest absolute Gasteiger partial charge is 0.255 e. The van der Waals surface area contributed by atoms with Crippen molar-refractivity contribution in [3.8, 4) is 33.1 Å². The van der Waals surface area contributed by atoms with Gasteiger partial charge >= 0.3 is 0 Å². The lowest BCUT2D eigenvalue weighted by Crippen LogP contribution is -2.55. The number of rotatable bonds is 23. The number of carbonyl (C=O) groups is 4. The van der Waals surface area contributed by atoms with Gasteiger partial charge in [0, 0.05) is 105 Å². The number of likely N-dealkylation sites (tertiary alicyclic amines) is 1. The number of aromatic nitrogens is 2. The van der Waals surface area contributed by atoms with E-state index in [1.807, 2.05) is 114 Å². The Hall–Kier alpha value is -7.38. The van der Waals surface area contributed by atoms with Crippen LogP contribution in [-0.2, 0) is 38.7 Å². The number of carbonyl (C=O) groups excluding carboxylic acids is 4. The predicted octanol–water partition coefficient (Wildman–Crippen LogP) is 8.46. The molecule has 0 saturated carbocycles. The van der Waals surface area contributed by atoms with Crippen molar-refractivity contribution in [2.24, 2.45) is 5.92 Å². The van der Waals surface area contributed by atoms with Crippen molar-refractivity contribution in [2.75, 3.05) is 57.6 Å². The number of ether oxygens (including phenoxy) is 4. The number of amides is 4. The van der Waals surface area contributed by atoms with E-state index in [0.29, 0.717) is 74.2 Å². The maximum Gasteiger partial charge on any atom is 0.255 e. The molecule has 3 aliphatic rings. The van der Waals surface area contributed by atoms with Gasteiger partial charge in [-0.1, -0.05) is 56.3 Å². The van der Waals surface area contributed by atoms with Crippen LogP contribution in [0.4, 0.5) is 5.69 Å². The number of aliphatic hydroxyl groups excluding tert-OH is 1. The number of benzene rings is 4. The molecule has 2 aromatic heterocycles. The van der Waals surface area contributed by atoms with Crippen molar-refractivity contribution in [3.05, 3.63) is 151 Å². The van der Waals surface area contributed by atoms with Gasteiger partial charge in [0.15, 0.2) is 0 Å². The molecule has 4 N–H and O–H groups in total. The molecule has 3 atom stereocenters. The lowest BCUT2D eigenvalue weighted by atomic mass is 9.95. The monoisotopic (exact) mass is 1120 g/mol. The van der Waals surface area contributed by atoms with Gasteiger partial charge < -0.3 is 54.4 Å². The quantitative estimate of drug-likeness (QED) is 0.0446. The van der Waals surface area contributed by atoms with Crippen LogP contribution in [0, 0.1) is 33.6 Å². The van der Waals surface area contributed by atoms with Crippen LogP contribution >= 0.6 is 11.3 Å². The zero-order valence-electron chi connectivity index (χ0n) is 47.5. The normalized spacial score (nSPS) is 16.6. The molecular weight excluding hydrogens is 1050 g/mol. The molecule has 18 heteroatoms. The molecule has 2 fully saturated rings.